The average Bonchev–Trinajstić information content (AvgIpc) is 2.99. The first-order valence-electron chi connectivity index (χ1n) is 8.93. The van der Waals surface area contributed by atoms with Crippen LogP contribution in [0.2, 0.25) is 10.0 Å². The number of carbonyl (C=O) groups is 2. The molecule has 152 valence electrons. The van der Waals surface area contributed by atoms with Gasteiger partial charge in [0, 0.05) is 28.2 Å². The maximum atomic E-state index is 13.2. The minimum atomic E-state index is -0.279. The van der Waals surface area contributed by atoms with Gasteiger partial charge in [0.15, 0.2) is 0 Å². The van der Waals surface area contributed by atoms with Gasteiger partial charge in [0.1, 0.15) is 5.75 Å². The number of halogens is 2. The highest BCUT2D eigenvalue weighted by atomic mass is 35.5. The van der Waals surface area contributed by atoms with E-state index in [1.807, 2.05) is 0 Å². The van der Waals surface area contributed by atoms with Crippen molar-refractivity contribution >= 4 is 45.9 Å². The van der Waals surface area contributed by atoms with Crippen molar-refractivity contribution < 1.29 is 19.4 Å². The molecule has 2 N–H and O–H groups in total. The Bertz CT molecular complexity index is 1070. The number of aliphatic hydroxyl groups excluding tert-OH is 1. The lowest BCUT2D eigenvalue weighted by Gasteiger charge is -2.08. The summed E-state index contributed by atoms with van der Waals surface area (Å²) in [5.74, 6) is -0.0845. The van der Waals surface area contributed by atoms with E-state index in [1.165, 1.54) is 7.11 Å². The lowest BCUT2D eigenvalue weighted by Crippen LogP contribution is -2.28. The Kier molecular flexibility index (Phi) is 6.47. The molecule has 0 atom stereocenters. The molecule has 3 aromatic rings. The van der Waals surface area contributed by atoms with E-state index in [2.05, 4.69) is 5.32 Å². The zero-order chi connectivity index (χ0) is 21.1. The highest BCUT2D eigenvalue weighted by Crippen LogP contribution is 2.38. The summed E-state index contributed by atoms with van der Waals surface area (Å²) >= 11 is 12.5. The summed E-state index contributed by atoms with van der Waals surface area (Å²) in [5, 5.41) is 13.0. The van der Waals surface area contributed by atoms with Crippen LogP contribution in [0, 0.1) is 6.92 Å². The maximum absolute atomic E-state index is 13.2. The van der Waals surface area contributed by atoms with Crippen LogP contribution in [-0.4, -0.2) is 41.7 Å². The van der Waals surface area contributed by atoms with Crippen molar-refractivity contribution in [2.75, 3.05) is 20.3 Å². The predicted octanol–water partition coefficient (Wildman–Crippen LogP) is 3.60. The standard InChI is InChI=1S/C21H20Cl2N2O4/c1-12-15(11-18(27)24-9-10-26)19-16(7-8-17(29-2)20(19)23)25(12)21(28)13-3-5-14(22)6-4-13/h3-8,26H,9-11H2,1-2H3,(H,24,27). The van der Waals surface area contributed by atoms with Crippen LogP contribution in [-0.2, 0) is 11.2 Å². The first-order valence-corrected chi connectivity index (χ1v) is 9.68. The lowest BCUT2D eigenvalue weighted by atomic mass is 10.1. The van der Waals surface area contributed by atoms with Gasteiger partial charge in [-0.1, -0.05) is 23.2 Å². The number of hydrogen-bond donors (Lipinski definition) is 2. The number of benzene rings is 2. The van der Waals surface area contributed by atoms with Crippen molar-refractivity contribution in [1.29, 1.82) is 0 Å². The van der Waals surface area contributed by atoms with Crippen molar-refractivity contribution in [3.05, 3.63) is 63.3 Å². The molecule has 0 bridgehead atoms. The summed E-state index contributed by atoms with van der Waals surface area (Å²) in [5.41, 5.74) is 2.27. The van der Waals surface area contributed by atoms with Crippen molar-refractivity contribution in [1.82, 2.24) is 9.88 Å². The monoisotopic (exact) mass is 434 g/mol. The van der Waals surface area contributed by atoms with E-state index in [-0.39, 0.29) is 31.4 Å². The molecule has 0 fully saturated rings. The molecule has 1 amide bonds. The van der Waals surface area contributed by atoms with E-state index in [4.69, 9.17) is 33.0 Å². The van der Waals surface area contributed by atoms with Crippen molar-refractivity contribution in [2.45, 2.75) is 13.3 Å². The molecule has 0 spiro atoms. The fourth-order valence-electron chi connectivity index (χ4n) is 3.29. The number of aliphatic hydroxyl groups is 1. The summed E-state index contributed by atoms with van der Waals surface area (Å²) in [6.45, 7) is 1.76. The summed E-state index contributed by atoms with van der Waals surface area (Å²) < 4.78 is 6.85. The second-order valence-corrected chi connectivity index (χ2v) is 7.25. The van der Waals surface area contributed by atoms with Crippen LogP contribution in [0.5, 0.6) is 5.75 Å². The van der Waals surface area contributed by atoms with Crippen LogP contribution < -0.4 is 10.1 Å². The summed E-state index contributed by atoms with van der Waals surface area (Å²) in [6, 6.07) is 10.0. The van der Waals surface area contributed by atoms with Crippen molar-refractivity contribution in [2.24, 2.45) is 0 Å². The third-order valence-corrected chi connectivity index (χ3v) is 5.31. The fraction of sp³-hybridized carbons (Fsp3) is 0.238. The molecule has 0 aliphatic rings. The van der Waals surface area contributed by atoms with Crippen molar-refractivity contribution in [3.8, 4) is 5.75 Å². The molecule has 0 aliphatic heterocycles. The van der Waals surface area contributed by atoms with Gasteiger partial charge in [-0.3, -0.25) is 14.2 Å². The highest BCUT2D eigenvalue weighted by molar-refractivity contribution is 6.37. The third kappa shape index (κ3) is 4.10. The molecule has 29 heavy (non-hydrogen) atoms. The number of rotatable bonds is 6. The van der Waals surface area contributed by atoms with E-state index in [0.717, 1.165) is 0 Å². The van der Waals surface area contributed by atoms with Crippen molar-refractivity contribution in [3.63, 3.8) is 0 Å². The van der Waals surface area contributed by atoms with Crippen LogP contribution in [0.4, 0.5) is 0 Å². The Labute approximate surface area is 178 Å². The maximum Gasteiger partial charge on any atom is 0.262 e. The molecule has 2 aromatic carbocycles. The number of nitrogens with zero attached hydrogens (tertiary/aromatic N) is 1. The van der Waals surface area contributed by atoms with Crippen LogP contribution in [0.15, 0.2) is 36.4 Å². The summed E-state index contributed by atoms with van der Waals surface area (Å²) in [7, 11) is 1.50. The summed E-state index contributed by atoms with van der Waals surface area (Å²) in [4.78, 5) is 25.6. The largest absolute Gasteiger partial charge is 0.495 e. The quantitative estimate of drug-likeness (QED) is 0.620. The Balaban J connectivity index is 2.19. The molecule has 1 heterocycles. The SMILES string of the molecule is COc1ccc2c(c1Cl)c(CC(=O)NCCO)c(C)n2C(=O)c1ccc(Cl)cc1. The van der Waals surface area contributed by atoms with Gasteiger partial charge >= 0.3 is 0 Å². The number of hydrogen-bond acceptors (Lipinski definition) is 4. The molecule has 0 saturated carbocycles. The number of ether oxygens (including phenoxy) is 1. The zero-order valence-electron chi connectivity index (χ0n) is 16.0. The Hall–Kier alpha value is -2.54. The van der Waals surface area contributed by atoms with Gasteiger partial charge in [-0.15, -0.1) is 0 Å². The van der Waals surface area contributed by atoms with Gasteiger partial charge < -0.3 is 15.2 Å². The van der Waals surface area contributed by atoms with Gasteiger partial charge in [-0.05, 0) is 48.9 Å². The van der Waals surface area contributed by atoms with E-state index in [9.17, 15) is 9.59 Å². The predicted molar refractivity (Wildman–Crippen MR) is 113 cm³/mol. The smallest absolute Gasteiger partial charge is 0.262 e. The second kappa shape index (κ2) is 8.86. The molecule has 8 heteroatoms. The molecular weight excluding hydrogens is 415 g/mol. The molecule has 1 aromatic heterocycles. The average molecular weight is 435 g/mol. The lowest BCUT2D eigenvalue weighted by molar-refractivity contribution is -0.120. The molecular formula is C21H20Cl2N2O4. The number of methoxy groups -OCH3 is 1. The first-order chi connectivity index (χ1) is 13.9. The fourth-order valence-corrected chi connectivity index (χ4v) is 3.77. The van der Waals surface area contributed by atoms with E-state index < -0.39 is 0 Å². The van der Waals surface area contributed by atoms with Gasteiger partial charge in [0.05, 0.1) is 30.7 Å². The third-order valence-electron chi connectivity index (χ3n) is 4.68. The number of carbonyl (C=O) groups excluding carboxylic acids is 2. The van der Waals surface area contributed by atoms with Gasteiger partial charge in [0.25, 0.3) is 5.91 Å². The van der Waals surface area contributed by atoms with E-state index >= 15 is 0 Å². The highest BCUT2D eigenvalue weighted by Gasteiger charge is 2.24. The Morgan fingerprint density at radius 3 is 2.45 bits per heavy atom. The van der Waals surface area contributed by atoms with E-state index in [0.29, 0.717) is 43.5 Å². The normalized spacial score (nSPS) is 10.9. The minimum absolute atomic E-state index is 0.0100. The molecule has 0 unspecified atom stereocenters. The number of aromatic nitrogens is 1. The van der Waals surface area contributed by atoms with Gasteiger partial charge in [-0.2, -0.15) is 0 Å². The Morgan fingerprint density at radius 2 is 1.83 bits per heavy atom. The van der Waals surface area contributed by atoms with Crippen LogP contribution >= 0.6 is 23.2 Å². The molecule has 0 saturated heterocycles. The molecule has 0 radical (unpaired) electrons. The van der Waals surface area contributed by atoms with Gasteiger partial charge in [-0.25, -0.2) is 0 Å². The van der Waals surface area contributed by atoms with Crippen LogP contribution in [0.3, 0.4) is 0 Å². The minimum Gasteiger partial charge on any atom is -0.495 e. The molecule has 0 aliphatic carbocycles. The van der Waals surface area contributed by atoms with Crippen LogP contribution in [0.1, 0.15) is 21.6 Å². The first kappa shape index (κ1) is 21.2. The van der Waals surface area contributed by atoms with Gasteiger partial charge in [0.2, 0.25) is 5.91 Å². The molecule has 3 rings (SSSR count). The van der Waals surface area contributed by atoms with E-state index in [1.54, 1.807) is 47.9 Å². The summed E-state index contributed by atoms with van der Waals surface area (Å²) in [6.07, 6.45) is 0.0100. The topological polar surface area (TPSA) is 80.6 Å². The molecule has 6 nitrogen and oxygen atoms in total. The number of amides is 1. The number of nitrogens with one attached hydrogen (secondary N) is 1. The number of fused-ring (bicyclic) bond motifs is 1. The van der Waals surface area contributed by atoms with Crippen LogP contribution in [0.25, 0.3) is 10.9 Å². The Morgan fingerprint density at radius 1 is 1.14 bits per heavy atom. The second-order valence-electron chi connectivity index (χ2n) is 6.44. The zero-order valence-corrected chi connectivity index (χ0v) is 17.5.